The van der Waals surface area contributed by atoms with Crippen LogP contribution in [0.4, 0.5) is 16.2 Å². The van der Waals surface area contributed by atoms with Crippen LogP contribution in [0.3, 0.4) is 0 Å². The van der Waals surface area contributed by atoms with Gasteiger partial charge in [-0.25, -0.2) is 9.69 Å². The Morgan fingerprint density at radius 3 is 2.50 bits per heavy atom. The molecule has 166 valence electrons. The Morgan fingerprint density at radius 2 is 1.81 bits per heavy atom. The molecule has 1 N–H and O–H groups in total. The molecule has 0 saturated carbocycles. The van der Waals surface area contributed by atoms with E-state index >= 15 is 0 Å². The van der Waals surface area contributed by atoms with Crippen LogP contribution in [0.2, 0.25) is 5.02 Å². The van der Waals surface area contributed by atoms with Gasteiger partial charge in [0, 0.05) is 23.3 Å². The molecule has 4 amide bonds. The molecule has 0 radical (unpaired) electrons. The Kier molecular flexibility index (Phi) is 5.37. The van der Waals surface area contributed by atoms with Crippen molar-refractivity contribution in [1.82, 2.24) is 5.32 Å². The number of anilines is 2. The Balaban J connectivity index is 1.79. The summed E-state index contributed by atoms with van der Waals surface area (Å²) in [6.45, 7) is 8.35. The molecule has 7 heteroatoms. The number of rotatable bonds is 2. The van der Waals surface area contributed by atoms with E-state index in [1.54, 1.807) is 25.1 Å². The molecule has 2 aliphatic heterocycles. The van der Waals surface area contributed by atoms with Gasteiger partial charge in [-0.05, 0) is 74.1 Å². The first-order valence-electron chi connectivity index (χ1n) is 10.6. The van der Waals surface area contributed by atoms with E-state index in [0.29, 0.717) is 16.3 Å². The van der Waals surface area contributed by atoms with Gasteiger partial charge in [-0.1, -0.05) is 36.7 Å². The molecule has 1 atom stereocenters. The number of benzene rings is 2. The topological polar surface area (TPSA) is 69.7 Å². The van der Waals surface area contributed by atoms with E-state index in [-0.39, 0.29) is 17.0 Å². The maximum absolute atomic E-state index is 13.2. The minimum atomic E-state index is -0.763. The average molecular weight is 452 g/mol. The van der Waals surface area contributed by atoms with E-state index in [1.165, 1.54) is 6.08 Å². The van der Waals surface area contributed by atoms with Crippen LogP contribution in [0.15, 0.2) is 42.0 Å². The number of carbonyl (C=O) groups excluding carboxylic acids is 3. The number of amides is 4. The molecule has 1 fully saturated rings. The minimum absolute atomic E-state index is 0.0106. The van der Waals surface area contributed by atoms with Crippen molar-refractivity contribution in [2.75, 3.05) is 16.8 Å². The molecule has 4 rings (SSSR count). The van der Waals surface area contributed by atoms with Crippen LogP contribution in [0, 0.1) is 6.92 Å². The first kappa shape index (κ1) is 22.1. The van der Waals surface area contributed by atoms with E-state index in [4.69, 9.17) is 11.6 Å². The summed E-state index contributed by atoms with van der Waals surface area (Å²) in [6, 6.07) is 10.1. The highest BCUT2D eigenvalue weighted by molar-refractivity contribution is 6.40. The van der Waals surface area contributed by atoms with E-state index in [2.05, 4.69) is 31.0 Å². The lowest BCUT2D eigenvalue weighted by atomic mass is 9.80. The number of fused-ring (bicyclic) bond motifs is 1. The maximum atomic E-state index is 13.2. The second-order valence-electron chi connectivity index (χ2n) is 9.15. The van der Waals surface area contributed by atoms with Crippen molar-refractivity contribution in [3.05, 3.63) is 63.7 Å². The summed E-state index contributed by atoms with van der Waals surface area (Å²) in [5.41, 5.74) is 3.76. The van der Waals surface area contributed by atoms with Gasteiger partial charge in [0.2, 0.25) is 0 Å². The number of hydrogen-bond donors (Lipinski definition) is 1. The van der Waals surface area contributed by atoms with E-state index < -0.39 is 17.8 Å². The minimum Gasteiger partial charge on any atom is -0.369 e. The second kappa shape index (κ2) is 7.78. The van der Waals surface area contributed by atoms with Gasteiger partial charge in [0.1, 0.15) is 5.57 Å². The van der Waals surface area contributed by atoms with E-state index in [1.807, 2.05) is 25.2 Å². The highest BCUT2D eigenvalue weighted by Crippen LogP contribution is 2.44. The van der Waals surface area contributed by atoms with Crippen molar-refractivity contribution in [3.63, 3.8) is 0 Å². The number of urea groups is 1. The van der Waals surface area contributed by atoms with Crippen molar-refractivity contribution in [2.24, 2.45) is 0 Å². The van der Waals surface area contributed by atoms with Crippen LogP contribution in [-0.4, -0.2) is 30.4 Å². The predicted octanol–water partition coefficient (Wildman–Crippen LogP) is 5.04. The first-order valence-corrected chi connectivity index (χ1v) is 10.9. The lowest BCUT2D eigenvalue weighted by molar-refractivity contribution is -0.122. The largest absolute Gasteiger partial charge is 0.369 e. The summed E-state index contributed by atoms with van der Waals surface area (Å²) in [5, 5.41) is 2.71. The predicted molar refractivity (Wildman–Crippen MR) is 127 cm³/mol. The summed E-state index contributed by atoms with van der Waals surface area (Å²) in [6.07, 6.45) is 2.44. The molecule has 0 aromatic heterocycles. The number of aryl methyl sites for hydroxylation is 1. The van der Waals surface area contributed by atoms with Crippen LogP contribution < -0.4 is 15.1 Å². The molecule has 0 aliphatic carbocycles. The lowest BCUT2D eigenvalue weighted by Crippen LogP contribution is -2.54. The Morgan fingerprint density at radius 1 is 1.12 bits per heavy atom. The van der Waals surface area contributed by atoms with Crippen LogP contribution in [0.5, 0.6) is 0 Å². The molecular formula is C25H26ClN3O3. The van der Waals surface area contributed by atoms with Crippen molar-refractivity contribution < 1.29 is 14.4 Å². The molecule has 2 aliphatic rings. The summed E-state index contributed by atoms with van der Waals surface area (Å²) >= 11 is 6.59. The number of nitrogens with zero attached hydrogens (tertiary/aromatic N) is 2. The zero-order chi connectivity index (χ0) is 23.4. The molecule has 32 heavy (non-hydrogen) atoms. The van der Waals surface area contributed by atoms with Gasteiger partial charge in [0.05, 0.1) is 5.69 Å². The third-order valence-corrected chi connectivity index (χ3v) is 6.84. The number of barbiturate groups is 1. The number of hydrogen-bond acceptors (Lipinski definition) is 4. The lowest BCUT2D eigenvalue weighted by Gasteiger charge is -2.45. The van der Waals surface area contributed by atoms with Crippen molar-refractivity contribution in [3.8, 4) is 0 Å². The van der Waals surface area contributed by atoms with Gasteiger partial charge in [0.15, 0.2) is 0 Å². The summed E-state index contributed by atoms with van der Waals surface area (Å²) in [7, 11) is 2.04. The first-order chi connectivity index (χ1) is 15.0. The van der Waals surface area contributed by atoms with Crippen LogP contribution in [-0.2, 0) is 9.59 Å². The average Bonchev–Trinajstić information content (AvgIpc) is 2.71. The smallest absolute Gasteiger partial charge is 0.335 e. The fourth-order valence-electron chi connectivity index (χ4n) is 4.56. The number of nitrogens with one attached hydrogen (secondary N) is 1. The van der Waals surface area contributed by atoms with Crippen molar-refractivity contribution in [2.45, 2.75) is 45.6 Å². The summed E-state index contributed by atoms with van der Waals surface area (Å²) in [5.74, 6) is -1.12. The molecule has 0 spiro atoms. The Hall–Kier alpha value is -3.12. The molecular weight excluding hydrogens is 426 g/mol. The fraction of sp³-hybridized carbons (Fsp3) is 0.320. The highest BCUT2D eigenvalue weighted by atomic mass is 35.5. The summed E-state index contributed by atoms with van der Waals surface area (Å²) < 4.78 is 0. The Labute approximate surface area is 192 Å². The SMILES string of the molecule is Cc1ccccc1N1C(=O)NC(=O)/C(=C\c2cc3c(cc2Cl)N(C)C(C)(C)CC3C)C1=O. The van der Waals surface area contributed by atoms with Gasteiger partial charge in [0.25, 0.3) is 11.8 Å². The third-order valence-electron chi connectivity index (χ3n) is 6.51. The van der Waals surface area contributed by atoms with E-state index in [0.717, 1.165) is 28.1 Å². The number of halogens is 1. The van der Waals surface area contributed by atoms with Crippen LogP contribution in [0.25, 0.3) is 6.08 Å². The molecule has 6 nitrogen and oxygen atoms in total. The van der Waals surface area contributed by atoms with Crippen molar-refractivity contribution >= 4 is 46.9 Å². The summed E-state index contributed by atoms with van der Waals surface area (Å²) in [4.78, 5) is 41.5. The number of imide groups is 2. The molecule has 1 unspecified atom stereocenters. The van der Waals surface area contributed by atoms with Gasteiger partial charge in [-0.15, -0.1) is 0 Å². The highest BCUT2D eigenvalue weighted by Gasteiger charge is 2.38. The number of para-hydroxylation sites is 1. The molecule has 2 aromatic rings. The monoisotopic (exact) mass is 451 g/mol. The zero-order valence-corrected chi connectivity index (χ0v) is 19.6. The molecule has 2 heterocycles. The van der Waals surface area contributed by atoms with Crippen LogP contribution in [0.1, 0.15) is 49.8 Å². The van der Waals surface area contributed by atoms with Crippen molar-refractivity contribution in [1.29, 1.82) is 0 Å². The third kappa shape index (κ3) is 3.58. The van der Waals surface area contributed by atoms with Crippen LogP contribution >= 0.6 is 11.6 Å². The quantitative estimate of drug-likeness (QED) is 0.513. The molecule has 0 bridgehead atoms. The Bertz CT molecular complexity index is 1180. The zero-order valence-electron chi connectivity index (χ0n) is 18.8. The maximum Gasteiger partial charge on any atom is 0.335 e. The molecule has 2 aromatic carbocycles. The van der Waals surface area contributed by atoms with Gasteiger partial charge < -0.3 is 4.90 Å². The molecule has 1 saturated heterocycles. The van der Waals surface area contributed by atoms with E-state index in [9.17, 15) is 14.4 Å². The van der Waals surface area contributed by atoms with Gasteiger partial charge in [-0.3, -0.25) is 14.9 Å². The normalized spacial score (nSPS) is 21.6. The second-order valence-corrected chi connectivity index (χ2v) is 9.56. The van der Waals surface area contributed by atoms with Gasteiger partial charge in [-0.2, -0.15) is 0 Å². The standard InChI is InChI=1S/C25H26ClN3O3/c1-14-8-6-7-9-20(14)29-23(31)18(22(30)27-24(29)32)11-16-10-17-15(2)13-25(3,4)28(5)21(17)12-19(16)26/h6-12,15H,13H2,1-5H3,(H,27,30,32)/b18-11+. The van der Waals surface area contributed by atoms with Gasteiger partial charge >= 0.3 is 6.03 Å². The number of carbonyl (C=O) groups is 3. The fourth-order valence-corrected chi connectivity index (χ4v) is 4.77.